The van der Waals surface area contributed by atoms with Crippen molar-refractivity contribution >= 4 is 6.09 Å². The zero-order valence-electron chi connectivity index (χ0n) is 14.2. The smallest absolute Gasteiger partial charge is 0.410 e. The average molecular weight is 333 g/mol. The fourth-order valence-corrected chi connectivity index (χ4v) is 3.35. The molecule has 6 heteroatoms. The lowest BCUT2D eigenvalue weighted by atomic mass is 9.98. The molecule has 4 rings (SSSR count). The fraction of sp³-hybridized carbons (Fsp3) is 0.611. The molecular weight excluding hydrogens is 310 g/mol. The van der Waals surface area contributed by atoms with Crippen LogP contribution in [0.2, 0.25) is 0 Å². The minimum atomic E-state index is -0.531. The molecule has 3 aliphatic rings. The third-order valence-electron chi connectivity index (χ3n) is 4.50. The number of rotatable bonds is 1. The van der Waals surface area contributed by atoms with Crippen LogP contribution >= 0.6 is 0 Å². The molecule has 1 amide bonds. The molecule has 3 saturated heterocycles. The van der Waals surface area contributed by atoms with Gasteiger partial charge in [0.05, 0.1) is 19.2 Å². The van der Waals surface area contributed by atoms with Crippen LogP contribution in [0.15, 0.2) is 30.3 Å². The highest BCUT2D eigenvalue weighted by molar-refractivity contribution is 5.69. The number of piperidine rings is 1. The topological polar surface area (TPSA) is 60.5 Å². The SMILES string of the molecule is CC(C)(C)OC(=O)N1CC2O[C@@H]2[C@@H]2OC(c3ccccc3)OCC21. The quantitative estimate of drug-likeness (QED) is 0.739. The molecule has 0 radical (unpaired) electrons. The summed E-state index contributed by atoms with van der Waals surface area (Å²) in [5.41, 5.74) is 0.444. The van der Waals surface area contributed by atoms with Gasteiger partial charge in [0.2, 0.25) is 0 Å². The summed E-state index contributed by atoms with van der Waals surface area (Å²) in [5, 5.41) is 0. The lowest BCUT2D eigenvalue weighted by Gasteiger charge is -2.44. The third kappa shape index (κ3) is 3.01. The van der Waals surface area contributed by atoms with Gasteiger partial charge in [-0.15, -0.1) is 0 Å². The van der Waals surface area contributed by atoms with E-state index in [9.17, 15) is 4.79 Å². The maximum Gasteiger partial charge on any atom is 0.410 e. The number of ether oxygens (including phenoxy) is 4. The van der Waals surface area contributed by atoms with E-state index < -0.39 is 11.9 Å². The molecule has 130 valence electrons. The highest BCUT2D eigenvalue weighted by Gasteiger charge is 2.59. The van der Waals surface area contributed by atoms with Gasteiger partial charge in [-0.1, -0.05) is 30.3 Å². The summed E-state index contributed by atoms with van der Waals surface area (Å²) in [6.07, 6.45) is -0.861. The summed E-state index contributed by atoms with van der Waals surface area (Å²) >= 11 is 0. The number of fused-ring (bicyclic) bond motifs is 3. The summed E-state index contributed by atoms with van der Waals surface area (Å²) in [7, 11) is 0. The van der Waals surface area contributed by atoms with E-state index in [1.54, 1.807) is 4.90 Å². The molecule has 0 aliphatic carbocycles. The minimum absolute atomic E-state index is 0.0355. The second kappa shape index (κ2) is 5.72. The Labute approximate surface area is 141 Å². The molecule has 5 atom stereocenters. The Bertz CT molecular complexity index is 614. The van der Waals surface area contributed by atoms with Gasteiger partial charge in [-0.3, -0.25) is 4.90 Å². The Morgan fingerprint density at radius 2 is 1.92 bits per heavy atom. The number of benzene rings is 1. The van der Waals surface area contributed by atoms with Crippen LogP contribution in [0.4, 0.5) is 4.79 Å². The largest absolute Gasteiger partial charge is 0.444 e. The highest BCUT2D eigenvalue weighted by atomic mass is 16.7. The Balaban J connectivity index is 1.50. The van der Waals surface area contributed by atoms with Gasteiger partial charge in [0.25, 0.3) is 0 Å². The molecule has 0 saturated carbocycles. The van der Waals surface area contributed by atoms with Gasteiger partial charge >= 0.3 is 6.09 Å². The maximum atomic E-state index is 12.5. The lowest BCUT2D eigenvalue weighted by Crippen LogP contribution is -2.60. The predicted octanol–water partition coefficient (Wildman–Crippen LogP) is 2.49. The number of amides is 1. The maximum absolute atomic E-state index is 12.5. The normalized spacial score (nSPS) is 35.0. The second-order valence-corrected chi connectivity index (χ2v) is 7.52. The van der Waals surface area contributed by atoms with Crippen molar-refractivity contribution in [3.05, 3.63) is 35.9 Å². The molecule has 3 aliphatic heterocycles. The summed E-state index contributed by atoms with van der Waals surface area (Å²) in [5.74, 6) is 0. The highest BCUT2D eigenvalue weighted by Crippen LogP contribution is 2.42. The van der Waals surface area contributed by atoms with E-state index in [2.05, 4.69) is 0 Å². The minimum Gasteiger partial charge on any atom is -0.444 e. The predicted molar refractivity (Wildman–Crippen MR) is 85.4 cm³/mol. The number of carbonyl (C=O) groups is 1. The first-order valence-electron chi connectivity index (χ1n) is 8.39. The van der Waals surface area contributed by atoms with Gasteiger partial charge in [-0.2, -0.15) is 0 Å². The zero-order valence-corrected chi connectivity index (χ0v) is 14.2. The first-order chi connectivity index (χ1) is 11.4. The van der Waals surface area contributed by atoms with Crippen LogP contribution in [0, 0.1) is 0 Å². The van der Waals surface area contributed by atoms with Gasteiger partial charge in [0.15, 0.2) is 6.29 Å². The number of epoxide rings is 1. The molecule has 24 heavy (non-hydrogen) atoms. The number of carbonyl (C=O) groups excluding carboxylic acids is 1. The Hall–Kier alpha value is -1.63. The van der Waals surface area contributed by atoms with Gasteiger partial charge in [-0.25, -0.2) is 4.79 Å². The fourth-order valence-electron chi connectivity index (χ4n) is 3.35. The number of likely N-dealkylation sites (tertiary alicyclic amines) is 1. The number of hydrogen-bond donors (Lipinski definition) is 0. The van der Waals surface area contributed by atoms with Gasteiger partial charge in [0, 0.05) is 5.56 Å². The second-order valence-electron chi connectivity index (χ2n) is 7.52. The van der Waals surface area contributed by atoms with Crippen molar-refractivity contribution in [2.75, 3.05) is 13.2 Å². The van der Waals surface area contributed by atoms with Crippen LogP contribution in [0.25, 0.3) is 0 Å². The Morgan fingerprint density at radius 1 is 1.17 bits per heavy atom. The molecule has 0 aromatic heterocycles. The summed E-state index contributed by atoms with van der Waals surface area (Å²) in [6, 6.07) is 9.65. The first kappa shape index (κ1) is 15.9. The molecule has 6 nitrogen and oxygen atoms in total. The monoisotopic (exact) mass is 333 g/mol. The van der Waals surface area contributed by atoms with Crippen LogP contribution in [0.5, 0.6) is 0 Å². The average Bonchev–Trinajstić information content (AvgIpc) is 3.32. The Kier molecular flexibility index (Phi) is 3.78. The van der Waals surface area contributed by atoms with Crippen molar-refractivity contribution in [1.82, 2.24) is 4.90 Å². The number of nitrogens with zero attached hydrogens (tertiary/aromatic N) is 1. The molecule has 0 N–H and O–H groups in total. The van der Waals surface area contributed by atoms with E-state index in [1.807, 2.05) is 51.1 Å². The number of hydrogen-bond acceptors (Lipinski definition) is 5. The van der Waals surface area contributed by atoms with Gasteiger partial charge in [0.1, 0.15) is 23.9 Å². The summed E-state index contributed by atoms with van der Waals surface area (Å²) in [4.78, 5) is 14.2. The van der Waals surface area contributed by atoms with Crippen molar-refractivity contribution in [3.8, 4) is 0 Å². The first-order valence-corrected chi connectivity index (χ1v) is 8.39. The van der Waals surface area contributed by atoms with Crippen LogP contribution < -0.4 is 0 Å². The van der Waals surface area contributed by atoms with E-state index in [0.29, 0.717) is 13.2 Å². The molecule has 0 spiro atoms. The van der Waals surface area contributed by atoms with E-state index in [1.165, 1.54) is 0 Å². The van der Waals surface area contributed by atoms with Gasteiger partial charge in [-0.05, 0) is 20.8 Å². The van der Waals surface area contributed by atoms with Crippen LogP contribution in [-0.4, -0.2) is 54.1 Å². The van der Waals surface area contributed by atoms with Crippen LogP contribution in [0.3, 0.4) is 0 Å². The van der Waals surface area contributed by atoms with Crippen LogP contribution in [-0.2, 0) is 18.9 Å². The third-order valence-corrected chi connectivity index (χ3v) is 4.50. The summed E-state index contributed by atoms with van der Waals surface area (Å²) in [6.45, 7) is 6.53. The van der Waals surface area contributed by atoms with Crippen molar-refractivity contribution in [3.63, 3.8) is 0 Å². The van der Waals surface area contributed by atoms with E-state index in [0.717, 1.165) is 5.56 Å². The molecule has 1 aromatic carbocycles. The van der Waals surface area contributed by atoms with Gasteiger partial charge < -0.3 is 18.9 Å². The van der Waals surface area contributed by atoms with Crippen LogP contribution in [0.1, 0.15) is 32.6 Å². The lowest BCUT2D eigenvalue weighted by molar-refractivity contribution is -0.248. The molecule has 3 heterocycles. The van der Waals surface area contributed by atoms with Crippen molar-refractivity contribution in [1.29, 1.82) is 0 Å². The zero-order chi connectivity index (χ0) is 16.9. The van der Waals surface area contributed by atoms with E-state index in [-0.39, 0.29) is 30.4 Å². The molecule has 3 unspecified atom stereocenters. The molecule has 1 aromatic rings. The van der Waals surface area contributed by atoms with Crippen molar-refractivity contribution in [2.24, 2.45) is 0 Å². The van der Waals surface area contributed by atoms with E-state index >= 15 is 0 Å². The van der Waals surface area contributed by atoms with Crippen molar-refractivity contribution in [2.45, 2.75) is 57.0 Å². The standard InChI is InChI=1S/C18H23NO5/c1-18(2,3)24-17(20)19-9-13-15(22-13)14-12(19)10-21-16(23-14)11-7-5-4-6-8-11/h4-8,12-16H,9-10H2,1-3H3/t12?,13?,14-,15+,16?/m1/s1. The van der Waals surface area contributed by atoms with Crippen molar-refractivity contribution < 1.29 is 23.7 Å². The summed E-state index contributed by atoms with van der Waals surface area (Å²) < 4.78 is 23.3. The molecule has 0 bridgehead atoms. The molecular formula is C18H23NO5. The molecule has 3 fully saturated rings. The van der Waals surface area contributed by atoms with E-state index in [4.69, 9.17) is 18.9 Å². The Morgan fingerprint density at radius 3 is 2.62 bits per heavy atom.